The Kier molecular flexibility index (Phi) is 3.84. The van der Waals surface area contributed by atoms with Crippen LogP contribution in [-0.4, -0.2) is 10.9 Å². The SMILES string of the molecule is CC(Nc1ccc(Cl)c(C(N)=O)c1)c1nccs1. The highest BCUT2D eigenvalue weighted by atomic mass is 35.5. The van der Waals surface area contributed by atoms with E-state index >= 15 is 0 Å². The lowest BCUT2D eigenvalue weighted by Crippen LogP contribution is -2.13. The van der Waals surface area contributed by atoms with Crippen molar-refractivity contribution in [3.63, 3.8) is 0 Å². The number of hydrogen-bond acceptors (Lipinski definition) is 4. The summed E-state index contributed by atoms with van der Waals surface area (Å²) < 4.78 is 0. The lowest BCUT2D eigenvalue weighted by molar-refractivity contribution is 0.100. The van der Waals surface area contributed by atoms with E-state index in [-0.39, 0.29) is 6.04 Å². The van der Waals surface area contributed by atoms with Gasteiger partial charge in [-0.05, 0) is 25.1 Å². The van der Waals surface area contributed by atoms with Crippen molar-refractivity contribution in [2.75, 3.05) is 5.32 Å². The van der Waals surface area contributed by atoms with E-state index in [2.05, 4.69) is 10.3 Å². The molecule has 94 valence electrons. The molecule has 1 heterocycles. The molecule has 1 atom stereocenters. The van der Waals surface area contributed by atoms with Gasteiger partial charge in [-0.2, -0.15) is 0 Å². The molecule has 1 unspecified atom stereocenters. The predicted molar refractivity (Wildman–Crippen MR) is 74.1 cm³/mol. The Morgan fingerprint density at radius 3 is 2.94 bits per heavy atom. The summed E-state index contributed by atoms with van der Waals surface area (Å²) >= 11 is 7.46. The molecule has 2 rings (SSSR count). The summed E-state index contributed by atoms with van der Waals surface area (Å²) in [6.45, 7) is 2.00. The summed E-state index contributed by atoms with van der Waals surface area (Å²) in [6.07, 6.45) is 1.76. The van der Waals surface area contributed by atoms with Gasteiger partial charge >= 0.3 is 0 Å². The van der Waals surface area contributed by atoms with Gasteiger partial charge in [0.2, 0.25) is 5.91 Å². The molecule has 1 amide bonds. The molecule has 0 saturated heterocycles. The van der Waals surface area contributed by atoms with Gasteiger partial charge in [0.1, 0.15) is 5.01 Å². The zero-order chi connectivity index (χ0) is 13.1. The highest BCUT2D eigenvalue weighted by Gasteiger charge is 2.11. The van der Waals surface area contributed by atoms with Gasteiger partial charge in [-0.15, -0.1) is 11.3 Å². The molecule has 0 bridgehead atoms. The van der Waals surface area contributed by atoms with Crippen molar-refractivity contribution >= 4 is 34.5 Å². The Hall–Kier alpha value is -1.59. The topological polar surface area (TPSA) is 68.0 Å². The quantitative estimate of drug-likeness (QED) is 0.905. The maximum atomic E-state index is 11.2. The molecule has 3 N–H and O–H groups in total. The highest BCUT2D eigenvalue weighted by Crippen LogP contribution is 2.24. The van der Waals surface area contributed by atoms with Crippen LogP contribution in [0.1, 0.15) is 28.3 Å². The number of benzene rings is 1. The average molecular weight is 282 g/mol. The van der Waals surface area contributed by atoms with Crippen molar-refractivity contribution in [2.24, 2.45) is 5.73 Å². The second kappa shape index (κ2) is 5.37. The molecule has 0 aliphatic rings. The number of nitrogens with two attached hydrogens (primary N) is 1. The summed E-state index contributed by atoms with van der Waals surface area (Å²) in [5, 5.41) is 6.50. The van der Waals surface area contributed by atoms with Crippen LogP contribution in [-0.2, 0) is 0 Å². The molecular weight excluding hydrogens is 270 g/mol. The minimum Gasteiger partial charge on any atom is -0.376 e. The lowest BCUT2D eigenvalue weighted by atomic mass is 10.2. The number of amides is 1. The molecule has 18 heavy (non-hydrogen) atoms. The maximum Gasteiger partial charge on any atom is 0.250 e. The van der Waals surface area contributed by atoms with E-state index in [1.54, 1.807) is 35.7 Å². The molecule has 6 heteroatoms. The van der Waals surface area contributed by atoms with Crippen molar-refractivity contribution < 1.29 is 4.79 Å². The second-order valence-corrected chi connectivity index (χ2v) is 5.13. The van der Waals surface area contributed by atoms with E-state index < -0.39 is 5.91 Å². The summed E-state index contributed by atoms with van der Waals surface area (Å²) in [4.78, 5) is 15.4. The van der Waals surface area contributed by atoms with E-state index in [0.29, 0.717) is 10.6 Å². The molecule has 0 radical (unpaired) electrons. The molecule has 0 saturated carbocycles. The van der Waals surface area contributed by atoms with Crippen LogP contribution in [0.15, 0.2) is 29.8 Å². The first-order valence-corrected chi connectivity index (χ1v) is 6.59. The normalized spacial score (nSPS) is 12.1. The van der Waals surface area contributed by atoms with Gasteiger partial charge < -0.3 is 11.1 Å². The van der Waals surface area contributed by atoms with Gasteiger partial charge in [0.05, 0.1) is 16.6 Å². The van der Waals surface area contributed by atoms with Crippen molar-refractivity contribution in [3.8, 4) is 0 Å². The summed E-state index contributed by atoms with van der Waals surface area (Å²) in [5.41, 5.74) is 6.35. The average Bonchev–Trinajstić information content (AvgIpc) is 2.85. The largest absolute Gasteiger partial charge is 0.376 e. The van der Waals surface area contributed by atoms with Gasteiger partial charge in [-0.25, -0.2) is 4.98 Å². The summed E-state index contributed by atoms with van der Waals surface area (Å²) in [5.74, 6) is -0.537. The van der Waals surface area contributed by atoms with Crippen LogP contribution in [0.3, 0.4) is 0 Å². The van der Waals surface area contributed by atoms with E-state index in [9.17, 15) is 4.79 Å². The standard InChI is InChI=1S/C12H12ClN3OS/c1-7(12-15-4-5-18-12)16-8-2-3-10(13)9(6-8)11(14)17/h2-7,16H,1H3,(H2,14,17). The predicted octanol–water partition coefficient (Wildman–Crippen LogP) is 3.07. The molecule has 4 nitrogen and oxygen atoms in total. The van der Waals surface area contributed by atoms with Crippen LogP contribution >= 0.6 is 22.9 Å². The van der Waals surface area contributed by atoms with Crippen LogP contribution in [0, 0.1) is 0 Å². The zero-order valence-corrected chi connectivity index (χ0v) is 11.3. The Morgan fingerprint density at radius 2 is 2.33 bits per heavy atom. The number of hydrogen-bond donors (Lipinski definition) is 2. The number of anilines is 1. The highest BCUT2D eigenvalue weighted by molar-refractivity contribution is 7.09. The minimum absolute atomic E-state index is 0.0619. The smallest absolute Gasteiger partial charge is 0.250 e. The van der Waals surface area contributed by atoms with Crippen molar-refractivity contribution in [3.05, 3.63) is 45.4 Å². The molecule has 0 aliphatic heterocycles. The fourth-order valence-electron chi connectivity index (χ4n) is 1.56. The Balaban J connectivity index is 2.20. The molecule has 0 spiro atoms. The molecule has 0 fully saturated rings. The Labute approximate surface area is 114 Å². The number of carbonyl (C=O) groups is 1. The molecule has 1 aromatic heterocycles. The van der Waals surface area contributed by atoms with Crippen molar-refractivity contribution in [1.82, 2.24) is 4.98 Å². The van der Waals surface area contributed by atoms with Crippen LogP contribution < -0.4 is 11.1 Å². The van der Waals surface area contributed by atoms with Crippen LogP contribution in [0.2, 0.25) is 5.02 Å². The first kappa shape index (κ1) is 12.9. The van der Waals surface area contributed by atoms with Crippen LogP contribution in [0.5, 0.6) is 0 Å². The molecular formula is C12H12ClN3OS. The number of rotatable bonds is 4. The third kappa shape index (κ3) is 2.80. The van der Waals surface area contributed by atoms with Gasteiger partial charge in [-0.3, -0.25) is 4.79 Å². The van der Waals surface area contributed by atoms with Gasteiger partial charge in [0.25, 0.3) is 0 Å². The fourth-order valence-corrected chi connectivity index (χ4v) is 2.42. The van der Waals surface area contributed by atoms with Crippen LogP contribution in [0.4, 0.5) is 5.69 Å². The molecule has 2 aromatic rings. The number of thiazole rings is 1. The number of nitrogens with zero attached hydrogens (tertiary/aromatic N) is 1. The number of primary amides is 1. The number of aromatic nitrogens is 1. The third-order valence-corrected chi connectivity index (χ3v) is 3.72. The molecule has 1 aromatic carbocycles. The van der Waals surface area contributed by atoms with Crippen molar-refractivity contribution in [1.29, 1.82) is 0 Å². The minimum atomic E-state index is -0.537. The number of nitrogens with one attached hydrogen (secondary N) is 1. The Morgan fingerprint density at radius 1 is 1.56 bits per heavy atom. The monoisotopic (exact) mass is 281 g/mol. The fraction of sp³-hybridized carbons (Fsp3) is 0.167. The Bertz CT molecular complexity index is 556. The second-order valence-electron chi connectivity index (χ2n) is 3.80. The van der Waals surface area contributed by atoms with E-state index in [1.807, 2.05) is 12.3 Å². The van der Waals surface area contributed by atoms with Gasteiger partial charge in [-0.1, -0.05) is 11.6 Å². The van der Waals surface area contributed by atoms with E-state index in [4.69, 9.17) is 17.3 Å². The zero-order valence-electron chi connectivity index (χ0n) is 9.68. The number of halogens is 1. The van der Waals surface area contributed by atoms with Gasteiger partial charge in [0, 0.05) is 17.3 Å². The summed E-state index contributed by atoms with van der Waals surface area (Å²) in [7, 11) is 0. The van der Waals surface area contributed by atoms with Crippen LogP contribution in [0.25, 0.3) is 0 Å². The maximum absolute atomic E-state index is 11.2. The lowest BCUT2D eigenvalue weighted by Gasteiger charge is -2.13. The first-order valence-electron chi connectivity index (χ1n) is 5.33. The summed E-state index contributed by atoms with van der Waals surface area (Å²) in [6, 6.07) is 5.17. The van der Waals surface area contributed by atoms with E-state index in [1.165, 1.54) is 0 Å². The van der Waals surface area contributed by atoms with Gasteiger partial charge in [0.15, 0.2) is 0 Å². The number of carbonyl (C=O) groups excluding carboxylic acids is 1. The molecule has 0 aliphatic carbocycles. The third-order valence-electron chi connectivity index (χ3n) is 2.44. The van der Waals surface area contributed by atoms with E-state index in [0.717, 1.165) is 10.7 Å². The first-order chi connectivity index (χ1) is 8.58. The van der Waals surface area contributed by atoms with Crippen molar-refractivity contribution in [2.45, 2.75) is 13.0 Å².